The van der Waals surface area contributed by atoms with E-state index in [4.69, 9.17) is 9.47 Å². The quantitative estimate of drug-likeness (QED) is 0.656. The molecule has 2 aromatic rings. The lowest BCUT2D eigenvalue weighted by atomic mass is 9.99. The number of benzene rings is 1. The lowest BCUT2D eigenvalue weighted by Gasteiger charge is -2.43. The van der Waals surface area contributed by atoms with Crippen molar-refractivity contribution < 1.29 is 37.3 Å². The Hall–Kier alpha value is -3.22. The molecule has 9 nitrogen and oxygen atoms in total. The van der Waals surface area contributed by atoms with E-state index < -0.39 is 64.4 Å². The van der Waals surface area contributed by atoms with Crippen molar-refractivity contribution in [3.8, 4) is 0 Å². The lowest BCUT2D eigenvalue weighted by molar-refractivity contribution is -0.201. The SMILES string of the molecule is CC1COC2(CCC(C)(O)N3CC2n2cc(C(=O)NCc4c(F)cc(F)cc4F)c(=O)cc2C3=O)O1. The number of carbonyl (C=O) groups is 2. The molecule has 1 aromatic heterocycles. The number of rotatable bonds is 3. The van der Waals surface area contributed by atoms with Gasteiger partial charge in [-0.3, -0.25) is 14.4 Å². The number of aromatic nitrogens is 1. The van der Waals surface area contributed by atoms with Crippen molar-refractivity contribution in [2.45, 2.75) is 56.9 Å². The van der Waals surface area contributed by atoms with E-state index in [1.54, 1.807) is 0 Å². The van der Waals surface area contributed by atoms with Gasteiger partial charge < -0.3 is 29.4 Å². The van der Waals surface area contributed by atoms with Crippen molar-refractivity contribution >= 4 is 11.8 Å². The number of nitrogens with one attached hydrogen (secondary N) is 1. The number of amides is 2. The van der Waals surface area contributed by atoms with E-state index >= 15 is 0 Å². The van der Waals surface area contributed by atoms with Crippen LogP contribution in [0.3, 0.4) is 0 Å². The summed E-state index contributed by atoms with van der Waals surface area (Å²) in [6.45, 7) is 2.97. The molecule has 2 amide bonds. The van der Waals surface area contributed by atoms with Crippen molar-refractivity contribution in [2.24, 2.45) is 0 Å². The van der Waals surface area contributed by atoms with E-state index in [0.29, 0.717) is 12.1 Å². The van der Waals surface area contributed by atoms with Crippen LogP contribution in [0.2, 0.25) is 0 Å². The van der Waals surface area contributed by atoms with Crippen molar-refractivity contribution in [3.63, 3.8) is 0 Å². The van der Waals surface area contributed by atoms with Gasteiger partial charge in [-0.05, 0) is 13.8 Å². The normalized spacial score (nSPS) is 29.3. The summed E-state index contributed by atoms with van der Waals surface area (Å²) in [6, 6.07) is 1.27. The molecule has 4 unspecified atom stereocenters. The number of hydrogen-bond acceptors (Lipinski definition) is 6. The predicted octanol–water partition coefficient (Wildman–Crippen LogP) is 1.83. The molecule has 12 heteroatoms. The van der Waals surface area contributed by atoms with Gasteiger partial charge in [0, 0.05) is 55.9 Å². The van der Waals surface area contributed by atoms with Gasteiger partial charge in [0.2, 0.25) is 0 Å². The number of pyridine rings is 1. The Morgan fingerprint density at radius 3 is 2.53 bits per heavy atom. The largest absolute Gasteiger partial charge is 0.371 e. The fourth-order valence-electron chi connectivity index (χ4n) is 5.09. The molecule has 3 aliphatic rings. The average Bonchev–Trinajstić information content (AvgIpc) is 3.14. The van der Waals surface area contributed by atoms with Crippen LogP contribution >= 0.6 is 0 Å². The van der Waals surface area contributed by atoms with Gasteiger partial charge in [0.15, 0.2) is 11.2 Å². The highest BCUT2D eigenvalue weighted by Gasteiger charge is 2.56. The predicted molar refractivity (Wildman–Crippen MR) is 117 cm³/mol. The van der Waals surface area contributed by atoms with Crippen molar-refractivity contribution in [3.05, 3.63) is 68.9 Å². The van der Waals surface area contributed by atoms with Gasteiger partial charge in [0.1, 0.15) is 40.5 Å². The molecule has 0 radical (unpaired) electrons. The molecule has 3 aliphatic heterocycles. The van der Waals surface area contributed by atoms with Gasteiger partial charge in [-0.1, -0.05) is 0 Å². The first kappa shape index (κ1) is 24.5. The Morgan fingerprint density at radius 2 is 1.89 bits per heavy atom. The molecule has 5 rings (SSSR count). The Morgan fingerprint density at radius 1 is 1.19 bits per heavy atom. The van der Waals surface area contributed by atoms with Crippen LogP contribution in [-0.4, -0.2) is 57.2 Å². The van der Waals surface area contributed by atoms with E-state index in [1.165, 1.54) is 22.6 Å². The summed E-state index contributed by atoms with van der Waals surface area (Å²) in [6.07, 6.45) is 1.34. The molecule has 2 fully saturated rings. The van der Waals surface area contributed by atoms with Gasteiger partial charge >= 0.3 is 0 Å². The molecule has 2 bridgehead atoms. The molecule has 0 saturated carbocycles. The molecular formula is C24H24F3N3O6. The fraction of sp³-hybridized carbons (Fsp3) is 0.458. The number of fused-ring (bicyclic) bond motifs is 5. The standard InChI is InChI=1S/C24H24F3N3O6/c1-12-11-35-24(36-12)4-3-23(2,34)30-10-20(24)29-9-15(19(31)7-18(29)22(30)33)21(32)28-8-14-16(26)5-13(25)6-17(14)27/h5-7,9,12,20,34H,3-4,8,10-11H2,1-2H3,(H,28,32). The fourth-order valence-corrected chi connectivity index (χ4v) is 5.09. The first-order chi connectivity index (χ1) is 16.9. The maximum atomic E-state index is 14.0. The van der Waals surface area contributed by atoms with Gasteiger partial charge in [-0.15, -0.1) is 0 Å². The van der Waals surface area contributed by atoms with E-state index in [2.05, 4.69) is 5.32 Å². The van der Waals surface area contributed by atoms with E-state index in [0.717, 1.165) is 6.07 Å². The van der Waals surface area contributed by atoms with Gasteiger partial charge in [-0.2, -0.15) is 0 Å². The molecule has 2 saturated heterocycles. The van der Waals surface area contributed by atoms with E-state index in [9.17, 15) is 32.7 Å². The van der Waals surface area contributed by atoms with Crippen LogP contribution in [0.1, 0.15) is 59.1 Å². The molecule has 4 heterocycles. The maximum Gasteiger partial charge on any atom is 0.272 e. The summed E-state index contributed by atoms with van der Waals surface area (Å²) < 4.78 is 54.7. The minimum Gasteiger partial charge on any atom is -0.371 e. The molecule has 1 aromatic carbocycles. The highest BCUT2D eigenvalue weighted by Crippen LogP contribution is 2.46. The van der Waals surface area contributed by atoms with Crippen LogP contribution in [0.4, 0.5) is 13.2 Å². The minimum absolute atomic E-state index is 0.00147. The number of hydrogen-bond donors (Lipinski definition) is 2. The number of halogens is 3. The van der Waals surface area contributed by atoms with E-state index in [1.807, 2.05) is 6.92 Å². The van der Waals surface area contributed by atoms with Gasteiger partial charge in [-0.25, -0.2) is 13.2 Å². The van der Waals surface area contributed by atoms with E-state index in [-0.39, 0.29) is 43.4 Å². The zero-order chi connectivity index (χ0) is 26.0. The molecule has 192 valence electrons. The Kier molecular flexibility index (Phi) is 5.73. The smallest absolute Gasteiger partial charge is 0.272 e. The Labute approximate surface area is 203 Å². The van der Waals surface area contributed by atoms with Crippen molar-refractivity contribution in [1.82, 2.24) is 14.8 Å². The second-order valence-electron chi connectivity index (χ2n) is 9.57. The summed E-state index contributed by atoms with van der Waals surface area (Å²) in [7, 11) is 0. The first-order valence-corrected chi connectivity index (χ1v) is 11.5. The highest BCUT2D eigenvalue weighted by molar-refractivity contribution is 5.97. The summed E-state index contributed by atoms with van der Waals surface area (Å²) in [5.41, 5.74) is -3.32. The third-order valence-corrected chi connectivity index (χ3v) is 7.01. The first-order valence-electron chi connectivity index (χ1n) is 11.5. The van der Waals surface area contributed by atoms with Gasteiger partial charge in [0.25, 0.3) is 11.8 Å². The second kappa shape index (κ2) is 8.43. The number of carbonyl (C=O) groups excluding carboxylic acids is 2. The summed E-state index contributed by atoms with van der Waals surface area (Å²) >= 11 is 0. The number of nitrogens with zero attached hydrogens (tertiary/aromatic N) is 2. The summed E-state index contributed by atoms with van der Waals surface area (Å²) in [5, 5.41) is 13.3. The second-order valence-corrected chi connectivity index (χ2v) is 9.57. The monoisotopic (exact) mass is 507 g/mol. The van der Waals surface area contributed by atoms with Crippen LogP contribution in [0.5, 0.6) is 0 Å². The lowest BCUT2D eigenvalue weighted by Crippen LogP contribution is -2.56. The maximum absolute atomic E-state index is 14.0. The molecule has 4 atom stereocenters. The van der Waals surface area contributed by atoms with Crippen LogP contribution in [0, 0.1) is 17.5 Å². The van der Waals surface area contributed by atoms with Crippen LogP contribution < -0.4 is 10.7 Å². The van der Waals surface area contributed by atoms with Crippen LogP contribution in [-0.2, 0) is 16.0 Å². The zero-order valence-electron chi connectivity index (χ0n) is 19.5. The molecule has 2 N–H and O–H groups in total. The average molecular weight is 507 g/mol. The molecule has 0 aliphatic carbocycles. The van der Waals surface area contributed by atoms with Crippen molar-refractivity contribution in [1.29, 1.82) is 0 Å². The molecular weight excluding hydrogens is 483 g/mol. The minimum atomic E-state index is -1.52. The Bertz CT molecular complexity index is 1310. The highest BCUT2D eigenvalue weighted by atomic mass is 19.1. The van der Waals surface area contributed by atoms with Crippen molar-refractivity contribution in [2.75, 3.05) is 13.2 Å². The van der Waals surface area contributed by atoms with Crippen LogP contribution in [0.15, 0.2) is 29.2 Å². The number of ether oxygens (including phenoxy) is 2. The summed E-state index contributed by atoms with van der Waals surface area (Å²) in [5.74, 6) is -6.22. The molecule has 1 spiro atoms. The topological polar surface area (TPSA) is 110 Å². The third kappa shape index (κ3) is 3.89. The number of aliphatic hydroxyl groups is 1. The summed E-state index contributed by atoms with van der Waals surface area (Å²) in [4.78, 5) is 40.2. The third-order valence-electron chi connectivity index (χ3n) is 7.01. The van der Waals surface area contributed by atoms with Crippen LogP contribution in [0.25, 0.3) is 0 Å². The molecule has 36 heavy (non-hydrogen) atoms. The Balaban J connectivity index is 1.52. The zero-order valence-corrected chi connectivity index (χ0v) is 19.5. The van der Waals surface area contributed by atoms with Gasteiger partial charge in [0.05, 0.1) is 12.7 Å².